The van der Waals surface area contributed by atoms with Gasteiger partial charge in [-0.15, -0.1) is 0 Å². The fourth-order valence-electron chi connectivity index (χ4n) is 1.79. The molecular formula is C10H21N3O2. The maximum absolute atomic E-state index is 11.4. The molecule has 0 bridgehead atoms. The van der Waals surface area contributed by atoms with Crippen molar-refractivity contribution in [3.63, 3.8) is 0 Å². The zero-order valence-corrected chi connectivity index (χ0v) is 9.58. The average molecular weight is 215 g/mol. The van der Waals surface area contributed by atoms with E-state index in [0.29, 0.717) is 13.2 Å². The molecule has 0 unspecified atom stereocenters. The number of methoxy groups -OCH3 is 1. The van der Waals surface area contributed by atoms with Gasteiger partial charge in [-0.25, -0.2) is 4.79 Å². The van der Waals surface area contributed by atoms with Crippen LogP contribution in [0.5, 0.6) is 0 Å². The Morgan fingerprint density at radius 3 is 3.07 bits per heavy atom. The number of hydrogen-bond acceptors (Lipinski definition) is 3. The molecule has 0 aliphatic carbocycles. The summed E-state index contributed by atoms with van der Waals surface area (Å²) in [6, 6.07) is 0.193. The van der Waals surface area contributed by atoms with E-state index in [-0.39, 0.29) is 12.1 Å². The number of likely N-dealkylation sites (tertiary alicyclic amines) is 1. The Bertz CT molecular complexity index is 199. The molecule has 15 heavy (non-hydrogen) atoms. The summed E-state index contributed by atoms with van der Waals surface area (Å²) in [4.78, 5) is 13.6. The summed E-state index contributed by atoms with van der Waals surface area (Å²) in [7, 11) is 3.70. The van der Waals surface area contributed by atoms with Gasteiger partial charge in [-0.3, -0.25) is 0 Å². The largest absolute Gasteiger partial charge is 0.383 e. The van der Waals surface area contributed by atoms with Crippen molar-refractivity contribution < 1.29 is 9.53 Å². The van der Waals surface area contributed by atoms with Crippen molar-refractivity contribution in [2.75, 3.05) is 40.4 Å². The number of carbonyl (C=O) groups is 1. The standard InChI is InChI=1S/C10H21N3O2/c1-13-6-3-4-9(8-13)12-10(14)11-5-7-15-2/h9H,3-8H2,1-2H3,(H2,11,12,14)/t9-/m1/s1. The first-order valence-corrected chi connectivity index (χ1v) is 5.44. The number of carbonyl (C=O) groups excluding carboxylic acids is 1. The molecule has 0 saturated carbocycles. The van der Waals surface area contributed by atoms with Crippen LogP contribution in [0.2, 0.25) is 0 Å². The molecule has 1 fully saturated rings. The fraction of sp³-hybridized carbons (Fsp3) is 0.900. The van der Waals surface area contributed by atoms with Crippen molar-refractivity contribution in [2.45, 2.75) is 18.9 Å². The second-order valence-corrected chi connectivity index (χ2v) is 3.99. The van der Waals surface area contributed by atoms with E-state index in [1.807, 2.05) is 0 Å². The lowest BCUT2D eigenvalue weighted by Gasteiger charge is -2.30. The Kier molecular flexibility index (Phi) is 5.42. The summed E-state index contributed by atoms with van der Waals surface area (Å²) in [5.41, 5.74) is 0. The molecule has 0 spiro atoms. The monoisotopic (exact) mass is 215 g/mol. The van der Waals surface area contributed by atoms with Crippen LogP contribution in [0.3, 0.4) is 0 Å². The minimum Gasteiger partial charge on any atom is -0.383 e. The van der Waals surface area contributed by atoms with E-state index in [4.69, 9.17) is 4.74 Å². The van der Waals surface area contributed by atoms with Gasteiger partial charge in [0.05, 0.1) is 6.61 Å². The van der Waals surface area contributed by atoms with Gasteiger partial charge in [0.1, 0.15) is 0 Å². The van der Waals surface area contributed by atoms with E-state index in [1.54, 1.807) is 7.11 Å². The van der Waals surface area contributed by atoms with E-state index >= 15 is 0 Å². The number of ether oxygens (including phenoxy) is 1. The van der Waals surface area contributed by atoms with Gasteiger partial charge in [-0.05, 0) is 26.4 Å². The number of amides is 2. The number of likely N-dealkylation sites (N-methyl/N-ethyl adjacent to an activating group) is 1. The highest BCUT2D eigenvalue weighted by Crippen LogP contribution is 2.07. The van der Waals surface area contributed by atoms with Crippen molar-refractivity contribution in [3.8, 4) is 0 Å². The lowest BCUT2D eigenvalue weighted by Crippen LogP contribution is -2.49. The Balaban J connectivity index is 2.13. The molecular weight excluding hydrogens is 194 g/mol. The van der Waals surface area contributed by atoms with Crippen LogP contribution in [-0.2, 0) is 4.74 Å². The molecule has 2 amide bonds. The van der Waals surface area contributed by atoms with Gasteiger partial charge >= 0.3 is 6.03 Å². The van der Waals surface area contributed by atoms with Crippen LogP contribution in [-0.4, -0.2) is 57.4 Å². The van der Waals surface area contributed by atoms with E-state index in [1.165, 1.54) is 0 Å². The van der Waals surface area contributed by atoms with Crippen LogP contribution in [0.25, 0.3) is 0 Å². The van der Waals surface area contributed by atoms with Crippen molar-refractivity contribution in [2.24, 2.45) is 0 Å². The number of piperidine rings is 1. The van der Waals surface area contributed by atoms with E-state index in [0.717, 1.165) is 25.9 Å². The molecule has 0 radical (unpaired) electrons. The second-order valence-electron chi connectivity index (χ2n) is 3.99. The highest BCUT2D eigenvalue weighted by atomic mass is 16.5. The van der Waals surface area contributed by atoms with E-state index in [2.05, 4.69) is 22.6 Å². The van der Waals surface area contributed by atoms with Gasteiger partial charge < -0.3 is 20.3 Å². The molecule has 2 N–H and O–H groups in total. The normalized spacial score (nSPS) is 22.4. The zero-order chi connectivity index (χ0) is 11.1. The third kappa shape index (κ3) is 4.99. The number of urea groups is 1. The van der Waals surface area contributed by atoms with Crippen LogP contribution in [0.1, 0.15) is 12.8 Å². The average Bonchev–Trinajstić information content (AvgIpc) is 2.18. The van der Waals surface area contributed by atoms with Crippen LogP contribution in [0, 0.1) is 0 Å². The summed E-state index contributed by atoms with van der Waals surface area (Å²) >= 11 is 0. The Hall–Kier alpha value is -0.810. The third-order valence-electron chi connectivity index (χ3n) is 2.55. The first-order chi connectivity index (χ1) is 7.22. The zero-order valence-electron chi connectivity index (χ0n) is 9.58. The second kappa shape index (κ2) is 6.63. The van der Waals surface area contributed by atoms with E-state index in [9.17, 15) is 4.79 Å². The van der Waals surface area contributed by atoms with Crippen molar-refractivity contribution in [1.29, 1.82) is 0 Å². The summed E-state index contributed by atoms with van der Waals surface area (Å²) in [6.07, 6.45) is 2.22. The summed E-state index contributed by atoms with van der Waals surface area (Å²) in [5.74, 6) is 0. The molecule has 1 aliphatic heterocycles. The van der Waals surface area contributed by atoms with Crippen LogP contribution in [0.15, 0.2) is 0 Å². The topological polar surface area (TPSA) is 53.6 Å². The minimum absolute atomic E-state index is 0.0904. The van der Waals surface area contributed by atoms with Crippen LogP contribution < -0.4 is 10.6 Å². The summed E-state index contributed by atoms with van der Waals surface area (Å²) in [5, 5.41) is 5.71. The quantitative estimate of drug-likeness (QED) is 0.650. The third-order valence-corrected chi connectivity index (χ3v) is 2.55. The van der Waals surface area contributed by atoms with Gasteiger partial charge in [0.25, 0.3) is 0 Å². The van der Waals surface area contributed by atoms with Crippen molar-refractivity contribution in [3.05, 3.63) is 0 Å². The molecule has 88 valence electrons. The lowest BCUT2D eigenvalue weighted by molar-refractivity contribution is 0.190. The molecule has 1 saturated heterocycles. The highest BCUT2D eigenvalue weighted by Gasteiger charge is 2.18. The number of nitrogens with zero attached hydrogens (tertiary/aromatic N) is 1. The van der Waals surface area contributed by atoms with Crippen molar-refractivity contribution in [1.82, 2.24) is 15.5 Å². The predicted octanol–water partition coefficient (Wildman–Crippen LogP) is 0.0262. The van der Waals surface area contributed by atoms with Crippen LogP contribution in [0.4, 0.5) is 4.79 Å². The smallest absolute Gasteiger partial charge is 0.315 e. The minimum atomic E-state index is -0.0904. The van der Waals surface area contributed by atoms with Crippen molar-refractivity contribution >= 4 is 6.03 Å². The first-order valence-electron chi connectivity index (χ1n) is 5.44. The summed E-state index contributed by atoms with van der Waals surface area (Å²) in [6.45, 7) is 3.18. The number of nitrogens with one attached hydrogen (secondary N) is 2. The van der Waals surface area contributed by atoms with Gasteiger partial charge in [0.15, 0.2) is 0 Å². The SMILES string of the molecule is COCCNC(=O)N[C@@H]1CCCN(C)C1. The van der Waals surface area contributed by atoms with Gasteiger partial charge in [-0.2, -0.15) is 0 Å². The van der Waals surface area contributed by atoms with Gasteiger partial charge in [0.2, 0.25) is 0 Å². The van der Waals surface area contributed by atoms with Gasteiger partial charge in [0, 0.05) is 26.2 Å². The molecule has 5 nitrogen and oxygen atoms in total. The molecule has 0 aromatic heterocycles. The highest BCUT2D eigenvalue weighted by molar-refractivity contribution is 5.74. The Morgan fingerprint density at radius 2 is 2.40 bits per heavy atom. The Labute approximate surface area is 91.2 Å². The van der Waals surface area contributed by atoms with Crippen LogP contribution >= 0.6 is 0 Å². The molecule has 0 aromatic rings. The maximum Gasteiger partial charge on any atom is 0.315 e. The maximum atomic E-state index is 11.4. The molecule has 1 atom stereocenters. The first kappa shape index (κ1) is 12.3. The van der Waals surface area contributed by atoms with E-state index < -0.39 is 0 Å². The number of hydrogen-bond donors (Lipinski definition) is 2. The molecule has 1 rings (SSSR count). The Morgan fingerprint density at radius 1 is 1.60 bits per heavy atom. The predicted molar refractivity (Wildman–Crippen MR) is 58.9 cm³/mol. The fourth-order valence-corrected chi connectivity index (χ4v) is 1.79. The molecule has 1 heterocycles. The molecule has 1 aliphatic rings. The molecule has 0 aromatic carbocycles. The van der Waals surface area contributed by atoms with Gasteiger partial charge in [-0.1, -0.05) is 0 Å². The molecule has 5 heteroatoms. The number of rotatable bonds is 4. The lowest BCUT2D eigenvalue weighted by atomic mass is 10.1. The summed E-state index contributed by atoms with van der Waals surface area (Å²) < 4.78 is 4.85.